The maximum absolute atomic E-state index is 11.2. The van der Waals surface area contributed by atoms with E-state index in [2.05, 4.69) is 21.7 Å². The van der Waals surface area contributed by atoms with Gasteiger partial charge in [0, 0.05) is 31.1 Å². The number of thiazole rings is 1. The summed E-state index contributed by atoms with van der Waals surface area (Å²) in [5.41, 5.74) is 0.824. The lowest BCUT2D eigenvalue weighted by molar-refractivity contribution is -0.138. The summed E-state index contributed by atoms with van der Waals surface area (Å²) in [6, 6.07) is 0. The highest BCUT2D eigenvalue weighted by Crippen LogP contribution is 2.39. The van der Waals surface area contributed by atoms with Gasteiger partial charge < -0.3 is 14.9 Å². The van der Waals surface area contributed by atoms with Crippen molar-refractivity contribution >= 4 is 22.4 Å². The first-order valence-corrected chi connectivity index (χ1v) is 7.70. The van der Waals surface area contributed by atoms with Crippen LogP contribution in [0.3, 0.4) is 0 Å². The van der Waals surface area contributed by atoms with Crippen LogP contribution in [0.15, 0.2) is 0 Å². The average molecular weight is 281 g/mol. The number of nitrogens with zero attached hydrogens (tertiary/aromatic N) is 3. The maximum Gasteiger partial charge on any atom is 0.312 e. The van der Waals surface area contributed by atoms with Crippen molar-refractivity contribution in [1.29, 1.82) is 0 Å². The quantitative estimate of drug-likeness (QED) is 0.907. The minimum absolute atomic E-state index is 0.378. The zero-order valence-electron chi connectivity index (χ0n) is 11.1. The largest absolute Gasteiger partial charge is 0.481 e. The third-order valence-electron chi connectivity index (χ3n) is 4.09. The van der Waals surface area contributed by atoms with E-state index in [9.17, 15) is 9.90 Å². The molecule has 1 aromatic heterocycles. The van der Waals surface area contributed by atoms with Gasteiger partial charge in [-0.25, -0.2) is 4.98 Å². The Kier molecular flexibility index (Phi) is 3.45. The molecule has 104 valence electrons. The van der Waals surface area contributed by atoms with Crippen molar-refractivity contribution in [3.8, 4) is 0 Å². The summed E-state index contributed by atoms with van der Waals surface area (Å²) in [6.45, 7) is 7.43. The summed E-state index contributed by atoms with van der Waals surface area (Å²) in [6.07, 6.45) is 1.59. The normalized spacial score (nSPS) is 23.6. The number of anilines is 1. The first kappa shape index (κ1) is 12.9. The zero-order valence-corrected chi connectivity index (χ0v) is 11.9. The number of carboxylic acid groups (broad SMARTS) is 1. The number of aliphatic carboxylic acids is 1. The number of hydrogen-bond donors (Lipinski definition) is 1. The molecule has 0 saturated carbocycles. The first-order chi connectivity index (χ1) is 9.19. The van der Waals surface area contributed by atoms with Crippen molar-refractivity contribution in [2.75, 3.05) is 37.6 Å². The van der Waals surface area contributed by atoms with Crippen LogP contribution in [0.5, 0.6) is 0 Å². The van der Waals surface area contributed by atoms with Gasteiger partial charge in [0.2, 0.25) is 0 Å². The predicted molar refractivity (Wildman–Crippen MR) is 75.1 cm³/mol. The molecule has 2 heterocycles. The van der Waals surface area contributed by atoms with Crippen LogP contribution in [0.25, 0.3) is 0 Å². The van der Waals surface area contributed by atoms with Crippen LogP contribution in [0.4, 0.5) is 5.13 Å². The van der Waals surface area contributed by atoms with Gasteiger partial charge in [0.15, 0.2) is 5.13 Å². The topological polar surface area (TPSA) is 56.7 Å². The van der Waals surface area contributed by atoms with Crippen molar-refractivity contribution in [1.82, 2.24) is 9.88 Å². The molecule has 0 radical (unpaired) electrons. The molecule has 0 bridgehead atoms. The minimum atomic E-state index is -0.730. The summed E-state index contributed by atoms with van der Waals surface area (Å²) in [7, 11) is 0. The van der Waals surface area contributed by atoms with Crippen LogP contribution in [-0.4, -0.2) is 53.7 Å². The Morgan fingerprint density at radius 1 is 1.42 bits per heavy atom. The maximum atomic E-state index is 11.2. The smallest absolute Gasteiger partial charge is 0.312 e. The number of rotatable bonds is 3. The van der Waals surface area contributed by atoms with Gasteiger partial charge in [-0.3, -0.25) is 4.79 Å². The van der Waals surface area contributed by atoms with Crippen LogP contribution in [0.2, 0.25) is 0 Å². The standard InChI is InChI=1S/C13H19N3O2S/c1-2-15-5-7-16(8-6-15)13-14-11-9(12(17)18)3-4-10(11)19-13/h9H,2-8H2,1H3,(H,17,18). The van der Waals surface area contributed by atoms with Gasteiger partial charge in [-0.1, -0.05) is 6.92 Å². The van der Waals surface area contributed by atoms with E-state index >= 15 is 0 Å². The monoisotopic (exact) mass is 281 g/mol. The van der Waals surface area contributed by atoms with Crippen molar-refractivity contribution < 1.29 is 9.90 Å². The molecule has 1 aliphatic carbocycles. The second kappa shape index (κ2) is 5.09. The summed E-state index contributed by atoms with van der Waals surface area (Å²) >= 11 is 1.69. The Labute approximate surface area is 116 Å². The molecule has 0 aromatic carbocycles. The van der Waals surface area contributed by atoms with Crippen molar-refractivity contribution in [2.24, 2.45) is 0 Å². The number of carbonyl (C=O) groups is 1. The van der Waals surface area contributed by atoms with Gasteiger partial charge in [0.25, 0.3) is 0 Å². The third kappa shape index (κ3) is 2.34. The summed E-state index contributed by atoms with van der Waals surface area (Å²) < 4.78 is 0. The molecule has 5 nitrogen and oxygen atoms in total. The fourth-order valence-electron chi connectivity index (χ4n) is 2.85. The van der Waals surface area contributed by atoms with E-state index < -0.39 is 5.97 Å². The summed E-state index contributed by atoms with van der Waals surface area (Å²) in [5.74, 6) is -1.11. The number of aromatic nitrogens is 1. The van der Waals surface area contributed by atoms with Crippen molar-refractivity contribution in [3.05, 3.63) is 10.6 Å². The van der Waals surface area contributed by atoms with E-state index in [1.165, 1.54) is 4.88 Å². The molecule has 1 aliphatic heterocycles. The van der Waals surface area contributed by atoms with Crippen LogP contribution in [0, 0.1) is 0 Å². The highest BCUT2D eigenvalue weighted by Gasteiger charge is 2.33. The van der Waals surface area contributed by atoms with Gasteiger partial charge in [-0.15, -0.1) is 11.3 Å². The number of carboxylic acids is 1. The second-order valence-electron chi connectivity index (χ2n) is 5.16. The molecule has 1 aromatic rings. The molecular weight excluding hydrogens is 262 g/mol. The Bertz CT molecular complexity index is 480. The molecule has 3 rings (SSSR count). The van der Waals surface area contributed by atoms with E-state index in [1.807, 2.05) is 0 Å². The second-order valence-corrected chi connectivity index (χ2v) is 6.22. The van der Waals surface area contributed by atoms with Gasteiger partial charge in [0.1, 0.15) is 5.92 Å². The Morgan fingerprint density at radius 2 is 2.16 bits per heavy atom. The van der Waals surface area contributed by atoms with Gasteiger partial charge in [0.05, 0.1) is 5.69 Å². The lowest BCUT2D eigenvalue weighted by Crippen LogP contribution is -2.46. The van der Waals surface area contributed by atoms with Crippen LogP contribution >= 0.6 is 11.3 Å². The first-order valence-electron chi connectivity index (χ1n) is 6.88. The lowest BCUT2D eigenvalue weighted by atomic mass is 10.1. The van der Waals surface area contributed by atoms with Crippen molar-refractivity contribution in [3.63, 3.8) is 0 Å². The molecule has 1 saturated heterocycles. The molecular formula is C13H19N3O2S. The van der Waals surface area contributed by atoms with E-state index in [0.29, 0.717) is 6.42 Å². The molecule has 0 spiro atoms. The van der Waals surface area contributed by atoms with Gasteiger partial charge >= 0.3 is 5.97 Å². The highest BCUT2D eigenvalue weighted by molar-refractivity contribution is 7.15. The summed E-state index contributed by atoms with van der Waals surface area (Å²) in [5, 5.41) is 10.2. The Morgan fingerprint density at radius 3 is 2.79 bits per heavy atom. The van der Waals surface area contributed by atoms with Crippen LogP contribution < -0.4 is 4.90 Å². The van der Waals surface area contributed by atoms with Gasteiger partial charge in [-0.05, 0) is 19.4 Å². The third-order valence-corrected chi connectivity index (χ3v) is 5.29. The molecule has 1 fully saturated rings. The van der Waals surface area contributed by atoms with E-state index in [4.69, 9.17) is 0 Å². The minimum Gasteiger partial charge on any atom is -0.481 e. The fraction of sp³-hybridized carbons (Fsp3) is 0.692. The molecule has 1 unspecified atom stereocenters. The molecule has 1 atom stereocenters. The number of aryl methyl sites for hydroxylation is 1. The molecule has 2 aliphatic rings. The van der Waals surface area contributed by atoms with Crippen LogP contribution in [0.1, 0.15) is 29.8 Å². The Hall–Kier alpha value is -1.14. The molecule has 0 amide bonds. The fourth-order valence-corrected chi connectivity index (χ4v) is 4.03. The van der Waals surface area contributed by atoms with Crippen LogP contribution in [-0.2, 0) is 11.2 Å². The highest BCUT2D eigenvalue weighted by atomic mass is 32.1. The SMILES string of the molecule is CCN1CCN(c2nc3c(s2)CCC3C(=O)O)CC1. The Balaban J connectivity index is 1.74. The predicted octanol–water partition coefficient (Wildman–Crippen LogP) is 1.40. The van der Waals surface area contributed by atoms with Gasteiger partial charge in [-0.2, -0.15) is 0 Å². The average Bonchev–Trinajstić information content (AvgIpc) is 2.98. The zero-order chi connectivity index (χ0) is 13.4. The summed E-state index contributed by atoms with van der Waals surface area (Å²) in [4.78, 5) is 21.7. The van der Waals surface area contributed by atoms with E-state index in [0.717, 1.165) is 50.0 Å². The number of hydrogen-bond acceptors (Lipinski definition) is 5. The van der Waals surface area contributed by atoms with Crippen molar-refractivity contribution in [2.45, 2.75) is 25.7 Å². The number of fused-ring (bicyclic) bond motifs is 1. The molecule has 6 heteroatoms. The number of piperazine rings is 1. The molecule has 19 heavy (non-hydrogen) atoms. The molecule has 1 N–H and O–H groups in total. The number of likely N-dealkylation sites (N-methyl/N-ethyl adjacent to an activating group) is 1. The lowest BCUT2D eigenvalue weighted by Gasteiger charge is -2.33. The van der Waals surface area contributed by atoms with E-state index in [1.54, 1.807) is 11.3 Å². The van der Waals surface area contributed by atoms with E-state index in [-0.39, 0.29) is 5.92 Å².